The molecule has 86 valence electrons. The van der Waals surface area contributed by atoms with Crippen LogP contribution in [0.25, 0.3) is 0 Å². The predicted octanol–water partition coefficient (Wildman–Crippen LogP) is 3.19. The summed E-state index contributed by atoms with van der Waals surface area (Å²) in [5.41, 5.74) is -0.567. The molecule has 0 saturated carbocycles. The summed E-state index contributed by atoms with van der Waals surface area (Å²) in [5, 5.41) is 4.03. The van der Waals surface area contributed by atoms with Gasteiger partial charge in [-0.2, -0.15) is 0 Å². The highest BCUT2D eigenvalue weighted by Crippen LogP contribution is 2.34. The lowest BCUT2D eigenvalue weighted by atomic mass is 10.1. The van der Waals surface area contributed by atoms with Gasteiger partial charge in [-0.05, 0) is 43.4 Å². The van der Waals surface area contributed by atoms with Crippen LogP contribution in [0.2, 0.25) is 0 Å². The molecule has 1 heterocycles. The number of methoxy groups -OCH3 is 1. The Labute approximate surface area is 101 Å². The van der Waals surface area contributed by atoms with E-state index >= 15 is 0 Å². The van der Waals surface area contributed by atoms with Crippen LogP contribution in [0.15, 0.2) is 0 Å². The van der Waals surface area contributed by atoms with Gasteiger partial charge >= 0.3 is 0 Å². The largest absolute Gasteiger partial charge is 0.479 e. The molecule has 0 radical (unpaired) electrons. The Morgan fingerprint density at radius 3 is 2.20 bits per heavy atom. The van der Waals surface area contributed by atoms with E-state index in [0.717, 1.165) is 0 Å². The lowest BCUT2D eigenvalue weighted by Crippen LogP contribution is -2.25. The highest BCUT2D eigenvalue weighted by molar-refractivity contribution is 14.1. The van der Waals surface area contributed by atoms with E-state index in [0.29, 0.717) is 3.57 Å². The van der Waals surface area contributed by atoms with Gasteiger partial charge in [0.1, 0.15) is 9.26 Å². The van der Waals surface area contributed by atoms with E-state index in [9.17, 15) is 8.78 Å². The van der Waals surface area contributed by atoms with E-state index in [1.54, 1.807) is 0 Å². The molecular formula is C9H13F2IN2O. The number of aromatic nitrogens is 2. The van der Waals surface area contributed by atoms with E-state index in [-0.39, 0.29) is 11.6 Å². The van der Waals surface area contributed by atoms with Crippen molar-refractivity contribution in [1.29, 1.82) is 0 Å². The maximum atomic E-state index is 12.8. The minimum absolute atomic E-state index is 0.0834. The molecule has 0 atom stereocenters. The highest BCUT2D eigenvalue weighted by atomic mass is 127. The third kappa shape index (κ3) is 2.40. The Morgan fingerprint density at radius 2 is 1.93 bits per heavy atom. The molecule has 1 rings (SSSR count). The summed E-state index contributed by atoms with van der Waals surface area (Å²) in [4.78, 5) is 0. The van der Waals surface area contributed by atoms with Crippen molar-refractivity contribution < 1.29 is 13.5 Å². The molecular weight excluding hydrogens is 317 g/mol. The van der Waals surface area contributed by atoms with Crippen molar-refractivity contribution >= 4 is 22.6 Å². The summed E-state index contributed by atoms with van der Waals surface area (Å²) >= 11 is 1.83. The number of alkyl halides is 2. The van der Waals surface area contributed by atoms with Gasteiger partial charge in [0, 0.05) is 0 Å². The second kappa shape index (κ2) is 4.23. The SMILES string of the molecule is COc1nn(C(C)(C)C)c(C(F)F)c1I. The summed E-state index contributed by atoms with van der Waals surface area (Å²) in [6.07, 6.45) is -2.55. The lowest BCUT2D eigenvalue weighted by molar-refractivity contribution is 0.129. The van der Waals surface area contributed by atoms with Crippen molar-refractivity contribution in [3.05, 3.63) is 9.26 Å². The monoisotopic (exact) mass is 330 g/mol. The minimum atomic E-state index is -2.55. The Morgan fingerprint density at radius 1 is 1.40 bits per heavy atom. The van der Waals surface area contributed by atoms with Crippen LogP contribution in [0.1, 0.15) is 32.9 Å². The van der Waals surface area contributed by atoms with Crippen LogP contribution in [-0.4, -0.2) is 16.9 Å². The molecule has 0 amide bonds. The second-order valence-corrected chi connectivity index (χ2v) is 5.17. The summed E-state index contributed by atoms with van der Waals surface area (Å²) in [6, 6.07) is 0. The molecule has 15 heavy (non-hydrogen) atoms. The van der Waals surface area contributed by atoms with Crippen molar-refractivity contribution in [3.8, 4) is 5.88 Å². The molecule has 0 aromatic carbocycles. The first kappa shape index (κ1) is 12.7. The number of hydrogen-bond acceptors (Lipinski definition) is 2. The van der Waals surface area contributed by atoms with Gasteiger partial charge in [0.05, 0.1) is 12.6 Å². The standard InChI is InChI=1S/C9H13F2IN2O/c1-9(2,3)14-6(7(10)11)5(12)8(13-14)15-4/h7H,1-4H3. The van der Waals surface area contributed by atoms with Crippen molar-refractivity contribution in [1.82, 2.24) is 9.78 Å². The summed E-state index contributed by atoms with van der Waals surface area (Å²) in [7, 11) is 1.42. The summed E-state index contributed by atoms with van der Waals surface area (Å²) < 4.78 is 32.3. The zero-order valence-electron chi connectivity index (χ0n) is 9.01. The maximum absolute atomic E-state index is 12.8. The third-order valence-electron chi connectivity index (χ3n) is 1.87. The van der Waals surface area contributed by atoms with Crippen molar-refractivity contribution in [2.75, 3.05) is 7.11 Å². The van der Waals surface area contributed by atoms with Gasteiger partial charge < -0.3 is 4.74 Å². The van der Waals surface area contributed by atoms with E-state index < -0.39 is 12.0 Å². The number of hydrogen-bond donors (Lipinski definition) is 0. The minimum Gasteiger partial charge on any atom is -0.479 e. The summed E-state index contributed by atoms with van der Waals surface area (Å²) in [5.74, 6) is 0.251. The average Bonchev–Trinajstić information content (AvgIpc) is 2.41. The molecule has 0 aliphatic heterocycles. The van der Waals surface area contributed by atoms with Crippen LogP contribution in [0.3, 0.4) is 0 Å². The Balaban J connectivity index is 3.38. The first-order chi connectivity index (χ1) is 6.79. The zero-order valence-corrected chi connectivity index (χ0v) is 11.2. The molecule has 0 aliphatic carbocycles. The predicted molar refractivity (Wildman–Crippen MR) is 61.4 cm³/mol. The van der Waals surface area contributed by atoms with Crippen LogP contribution in [0.5, 0.6) is 5.88 Å². The molecule has 1 aromatic heterocycles. The second-order valence-electron chi connectivity index (χ2n) is 4.09. The topological polar surface area (TPSA) is 27.1 Å². The molecule has 0 fully saturated rings. The van der Waals surface area contributed by atoms with Crippen molar-refractivity contribution in [2.45, 2.75) is 32.7 Å². The Kier molecular flexibility index (Phi) is 3.57. The molecule has 0 saturated heterocycles. The molecule has 0 aliphatic rings. The quantitative estimate of drug-likeness (QED) is 0.779. The molecule has 3 nitrogen and oxygen atoms in total. The van der Waals surface area contributed by atoms with Gasteiger partial charge in [0.2, 0.25) is 5.88 Å². The average molecular weight is 330 g/mol. The van der Waals surface area contributed by atoms with Crippen molar-refractivity contribution in [2.24, 2.45) is 0 Å². The van der Waals surface area contributed by atoms with Gasteiger partial charge in [0.25, 0.3) is 6.43 Å². The van der Waals surface area contributed by atoms with Gasteiger partial charge in [-0.25, -0.2) is 8.78 Å². The number of ether oxygens (including phenoxy) is 1. The Hall–Kier alpha value is -0.400. The summed E-state index contributed by atoms with van der Waals surface area (Å²) in [6.45, 7) is 5.46. The molecule has 0 N–H and O–H groups in total. The maximum Gasteiger partial charge on any atom is 0.281 e. The van der Waals surface area contributed by atoms with Gasteiger partial charge in [-0.15, -0.1) is 5.10 Å². The van der Waals surface area contributed by atoms with Gasteiger partial charge in [0.15, 0.2) is 0 Å². The van der Waals surface area contributed by atoms with Gasteiger partial charge in [-0.1, -0.05) is 0 Å². The first-order valence-corrected chi connectivity index (χ1v) is 5.48. The van der Waals surface area contributed by atoms with Gasteiger partial charge in [-0.3, -0.25) is 4.68 Å². The van der Waals surface area contributed by atoms with Crippen LogP contribution < -0.4 is 4.74 Å². The molecule has 1 aromatic rings. The van der Waals surface area contributed by atoms with E-state index in [1.165, 1.54) is 11.8 Å². The van der Waals surface area contributed by atoms with Crippen LogP contribution >= 0.6 is 22.6 Å². The Bertz CT molecular complexity index is 358. The fraction of sp³-hybridized carbons (Fsp3) is 0.667. The fourth-order valence-corrected chi connectivity index (χ4v) is 2.01. The van der Waals surface area contributed by atoms with E-state index in [1.807, 2.05) is 43.4 Å². The van der Waals surface area contributed by atoms with Crippen molar-refractivity contribution in [3.63, 3.8) is 0 Å². The third-order valence-corrected chi connectivity index (χ3v) is 2.88. The number of halogens is 3. The number of rotatable bonds is 2. The first-order valence-electron chi connectivity index (χ1n) is 4.40. The normalized spacial score (nSPS) is 12.3. The number of nitrogens with zero attached hydrogens (tertiary/aromatic N) is 2. The van der Waals surface area contributed by atoms with Crippen LogP contribution in [0, 0.1) is 3.57 Å². The van der Waals surface area contributed by atoms with Crippen LogP contribution in [-0.2, 0) is 5.54 Å². The van der Waals surface area contributed by atoms with E-state index in [4.69, 9.17) is 4.74 Å². The highest BCUT2D eigenvalue weighted by Gasteiger charge is 2.29. The lowest BCUT2D eigenvalue weighted by Gasteiger charge is -2.21. The zero-order chi connectivity index (χ0) is 11.8. The van der Waals surface area contributed by atoms with Crippen LogP contribution in [0.4, 0.5) is 8.78 Å². The smallest absolute Gasteiger partial charge is 0.281 e. The molecule has 6 heteroatoms. The molecule has 0 bridgehead atoms. The fourth-order valence-electron chi connectivity index (χ4n) is 1.22. The van der Waals surface area contributed by atoms with E-state index in [2.05, 4.69) is 5.10 Å². The molecule has 0 unspecified atom stereocenters. The molecule has 0 spiro atoms.